The van der Waals surface area contributed by atoms with Crippen LogP contribution in [-0.4, -0.2) is 35.8 Å². The number of carbonyl (C=O) groups is 1. The molecule has 0 aliphatic carbocycles. The van der Waals surface area contributed by atoms with Crippen LogP contribution in [0.1, 0.15) is 24.0 Å². The van der Waals surface area contributed by atoms with Gasteiger partial charge in [-0.2, -0.15) is 0 Å². The predicted molar refractivity (Wildman–Crippen MR) is 88.0 cm³/mol. The Morgan fingerprint density at radius 2 is 1.75 bits per heavy atom. The molecule has 3 rings (SSSR count). The van der Waals surface area contributed by atoms with Crippen LogP contribution in [-0.2, 0) is 10.3 Å². The van der Waals surface area contributed by atoms with Crippen molar-refractivity contribution in [3.8, 4) is 0 Å². The minimum Gasteiger partial charge on any atom is -0.430 e. The topological polar surface area (TPSA) is 49.8 Å². The van der Waals surface area contributed by atoms with Crippen molar-refractivity contribution in [2.24, 2.45) is 0 Å². The molecule has 1 aliphatic rings. The van der Waals surface area contributed by atoms with Gasteiger partial charge in [0.25, 0.3) is 0 Å². The van der Waals surface area contributed by atoms with Crippen molar-refractivity contribution in [3.05, 3.63) is 71.5 Å². The molecule has 0 radical (unpaired) electrons. The van der Waals surface area contributed by atoms with Gasteiger partial charge in [0.1, 0.15) is 5.82 Å². The van der Waals surface area contributed by atoms with E-state index < -0.39 is 24.1 Å². The quantitative estimate of drug-likeness (QED) is 0.936. The highest BCUT2D eigenvalue weighted by Gasteiger charge is 2.40. The first-order valence-corrected chi connectivity index (χ1v) is 8.06. The number of benzene rings is 2. The summed E-state index contributed by atoms with van der Waals surface area (Å²) in [5, 5.41) is 10.1. The molecule has 0 unspecified atom stereocenters. The first-order chi connectivity index (χ1) is 11.7. The van der Waals surface area contributed by atoms with Gasteiger partial charge >= 0.3 is 6.09 Å². The van der Waals surface area contributed by atoms with Gasteiger partial charge < -0.3 is 14.7 Å². The molecule has 1 fully saturated rings. The van der Waals surface area contributed by atoms with E-state index in [-0.39, 0.29) is 0 Å². The minimum absolute atomic E-state index is 0.406. The molecule has 1 aliphatic heterocycles. The Labute approximate surface area is 140 Å². The number of amides is 1. The van der Waals surface area contributed by atoms with Gasteiger partial charge in [0.15, 0.2) is 5.60 Å². The summed E-state index contributed by atoms with van der Waals surface area (Å²) in [5.41, 5.74) is -0.419. The molecule has 4 nitrogen and oxygen atoms in total. The summed E-state index contributed by atoms with van der Waals surface area (Å²) < 4.78 is 19.5. The van der Waals surface area contributed by atoms with Gasteiger partial charge in [0, 0.05) is 24.2 Å². The molecule has 1 heterocycles. The maximum absolute atomic E-state index is 13.8. The van der Waals surface area contributed by atoms with Crippen molar-refractivity contribution >= 4 is 6.09 Å². The van der Waals surface area contributed by atoms with E-state index in [4.69, 9.17) is 4.74 Å². The largest absolute Gasteiger partial charge is 0.430 e. The first-order valence-electron chi connectivity index (χ1n) is 8.06. The van der Waals surface area contributed by atoms with Gasteiger partial charge in [-0.05, 0) is 25.0 Å². The molecule has 0 aromatic heterocycles. The molecular weight excluding hydrogens is 309 g/mol. The van der Waals surface area contributed by atoms with E-state index in [2.05, 4.69) is 0 Å². The number of hydrogen-bond acceptors (Lipinski definition) is 3. The second kappa shape index (κ2) is 7.01. The van der Waals surface area contributed by atoms with Crippen molar-refractivity contribution in [1.82, 2.24) is 4.90 Å². The van der Waals surface area contributed by atoms with E-state index in [1.807, 2.05) is 6.07 Å². The molecule has 0 spiro atoms. The summed E-state index contributed by atoms with van der Waals surface area (Å²) in [6, 6.07) is 14.8. The number of carbonyl (C=O) groups excluding carboxylic acids is 1. The smallest absolute Gasteiger partial charge is 0.411 e. The summed E-state index contributed by atoms with van der Waals surface area (Å²) in [6.07, 6.45) is 1.38. The highest BCUT2D eigenvalue weighted by molar-refractivity contribution is 5.69. The fourth-order valence-corrected chi connectivity index (χ4v) is 3.06. The lowest BCUT2D eigenvalue weighted by atomic mass is 9.86. The monoisotopic (exact) mass is 329 g/mol. The van der Waals surface area contributed by atoms with Gasteiger partial charge in [-0.15, -0.1) is 0 Å². The lowest BCUT2D eigenvalue weighted by Crippen LogP contribution is -2.42. The van der Waals surface area contributed by atoms with Crippen LogP contribution in [0.3, 0.4) is 0 Å². The normalized spacial score (nSPS) is 16.7. The molecule has 2 aromatic rings. The fraction of sp³-hybridized carbons (Fsp3) is 0.316. The van der Waals surface area contributed by atoms with Gasteiger partial charge in [-0.1, -0.05) is 42.5 Å². The van der Waals surface area contributed by atoms with Crippen LogP contribution in [0.4, 0.5) is 9.18 Å². The second-order valence-electron chi connectivity index (χ2n) is 5.92. The van der Waals surface area contributed by atoms with Crippen molar-refractivity contribution in [1.29, 1.82) is 0 Å². The zero-order valence-electron chi connectivity index (χ0n) is 13.3. The van der Waals surface area contributed by atoms with Crippen LogP contribution in [0.2, 0.25) is 0 Å². The minimum atomic E-state index is -1.43. The summed E-state index contributed by atoms with van der Waals surface area (Å²) in [4.78, 5) is 14.2. The summed E-state index contributed by atoms with van der Waals surface area (Å²) >= 11 is 0. The van der Waals surface area contributed by atoms with Crippen LogP contribution >= 0.6 is 0 Å². The van der Waals surface area contributed by atoms with Crippen molar-refractivity contribution < 1.29 is 19.0 Å². The Hall–Kier alpha value is -2.40. The number of hydrogen-bond donors (Lipinski definition) is 1. The van der Waals surface area contributed by atoms with Crippen molar-refractivity contribution in [2.75, 3.05) is 19.7 Å². The number of nitrogens with zero attached hydrogens (tertiary/aromatic N) is 1. The molecule has 5 heteroatoms. The lowest BCUT2D eigenvalue weighted by Gasteiger charge is -2.34. The van der Waals surface area contributed by atoms with Crippen LogP contribution in [0.25, 0.3) is 0 Å². The maximum atomic E-state index is 13.8. The molecule has 2 aromatic carbocycles. The highest BCUT2D eigenvalue weighted by Crippen LogP contribution is 2.34. The third kappa shape index (κ3) is 3.12. The third-order valence-corrected chi connectivity index (χ3v) is 4.38. The first kappa shape index (κ1) is 16.5. The maximum Gasteiger partial charge on any atom is 0.411 e. The van der Waals surface area contributed by atoms with Crippen LogP contribution in [0.5, 0.6) is 0 Å². The lowest BCUT2D eigenvalue weighted by molar-refractivity contribution is -0.0196. The van der Waals surface area contributed by atoms with Gasteiger partial charge in [0.2, 0.25) is 0 Å². The van der Waals surface area contributed by atoms with E-state index >= 15 is 0 Å². The SMILES string of the molecule is O=C(O[C@](CO)(c1ccccc1)c1cccc(F)c1)N1CCCC1. The number of ether oxygens (including phenoxy) is 1. The van der Waals surface area contributed by atoms with Crippen molar-refractivity contribution in [3.63, 3.8) is 0 Å². The molecule has 1 atom stereocenters. The number of aliphatic hydroxyl groups excluding tert-OH is 1. The van der Waals surface area contributed by atoms with Crippen LogP contribution in [0, 0.1) is 5.82 Å². The summed E-state index contributed by atoms with van der Waals surface area (Å²) in [6.45, 7) is 0.802. The fourth-order valence-electron chi connectivity index (χ4n) is 3.06. The number of likely N-dealkylation sites (tertiary alicyclic amines) is 1. The standard InChI is InChI=1S/C19H20FNO3/c20-17-10-6-9-16(13-17)19(14-22,15-7-2-1-3-8-15)24-18(23)21-11-4-5-12-21/h1-3,6-10,13,22H,4-5,11-12,14H2/t19-/m1/s1. The molecule has 1 saturated heterocycles. The van der Waals surface area contributed by atoms with E-state index in [1.54, 1.807) is 41.3 Å². The Kier molecular flexibility index (Phi) is 4.81. The van der Waals surface area contributed by atoms with Crippen LogP contribution < -0.4 is 0 Å². The molecule has 1 N–H and O–H groups in total. The third-order valence-electron chi connectivity index (χ3n) is 4.38. The molecule has 0 bridgehead atoms. The molecule has 24 heavy (non-hydrogen) atoms. The average Bonchev–Trinajstić information content (AvgIpc) is 3.15. The van der Waals surface area contributed by atoms with Gasteiger partial charge in [-0.3, -0.25) is 0 Å². The van der Waals surface area contributed by atoms with E-state index in [0.717, 1.165) is 12.8 Å². The van der Waals surface area contributed by atoms with Gasteiger partial charge in [0.05, 0.1) is 6.61 Å². The van der Waals surface area contributed by atoms with Crippen molar-refractivity contribution in [2.45, 2.75) is 18.4 Å². The Morgan fingerprint density at radius 3 is 2.38 bits per heavy atom. The average molecular weight is 329 g/mol. The predicted octanol–water partition coefficient (Wildman–Crippen LogP) is 3.29. The van der Waals surface area contributed by atoms with E-state index in [1.165, 1.54) is 12.1 Å². The molecular formula is C19H20FNO3. The summed E-state index contributed by atoms with van der Waals surface area (Å²) in [7, 11) is 0. The number of rotatable bonds is 4. The van der Waals surface area contributed by atoms with Crippen LogP contribution in [0.15, 0.2) is 54.6 Å². The number of halogens is 1. The Morgan fingerprint density at radius 1 is 1.08 bits per heavy atom. The number of aliphatic hydroxyl groups is 1. The molecule has 0 saturated carbocycles. The Bertz CT molecular complexity index is 701. The van der Waals surface area contributed by atoms with Gasteiger partial charge in [-0.25, -0.2) is 9.18 Å². The Balaban J connectivity index is 2.03. The highest BCUT2D eigenvalue weighted by atomic mass is 19.1. The summed E-state index contributed by atoms with van der Waals surface area (Å²) in [5.74, 6) is -0.446. The molecule has 1 amide bonds. The molecule has 126 valence electrons. The van der Waals surface area contributed by atoms with E-state index in [9.17, 15) is 14.3 Å². The second-order valence-corrected chi connectivity index (χ2v) is 5.92. The zero-order valence-corrected chi connectivity index (χ0v) is 13.3. The van der Waals surface area contributed by atoms with E-state index in [0.29, 0.717) is 24.2 Å². The zero-order chi connectivity index (χ0) is 17.0.